The van der Waals surface area contributed by atoms with E-state index in [1.54, 1.807) is 6.33 Å². The standard InChI is InChI=1S/C31H32N6O/c1-36-15-17-37(18-16-36)20-23-7-9-25(10-8-23)29-19-28-30(32-22-33-31(28)35-29)34-26-11-13-27(14-12-26)38-21-24-5-3-2-4-6-24/h2-14,19,22H,15-18,20-21H2,1H3,(H2,32,33,34,35). The molecule has 0 unspecified atom stereocenters. The second-order valence-corrected chi connectivity index (χ2v) is 9.87. The van der Waals surface area contributed by atoms with E-state index in [0.717, 1.165) is 77.8 Å². The van der Waals surface area contributed by atoms with Crippen LogP contribution >= 0.6 is 0 Å². The second kappa shape index (κ2) is 11.0. The normalized spacial score (nSPS) is 14.6. The van der Waals surface area contributed by atoms with Crippen LogP contribution in [0.2, 0.25) is 0 Å². The molecule has 0 aliphatic carbocycles. The van der Waals surface area contributed by atoms with Crippen molar-refractivity contribution in [3.63, 3.8) is 0 Å². The van der Waals surface area contributed by atoms with Crippen LogP contribution in [0.1, 0.15) is 11.1 Å². The molecule has 7 nitrogen and oxygen atoms in total. The molecule has 0 saturated carbocycles. The third-order valence-electron chi connectivity index (χ3n) is 7.06. The maximum Gasteiger partial charge on any atom is 0.143 e. The lowest BCUT2D eigenvalue weighted by atomic mass is 10.1. The predicted molar refractivity (Wildman–Crippen MR) is 153 cm³/mol. The van der Waals surface area contributed by atoms with Crippen LogP contribution in [0.3, 0.4) is 0 Å². The highest BCUT2D eigenvalue weighted by Crippen LogP contribution is 2.29. The van der Waals surface area contributed by atoms with E-state index < -0.39 is 0 Å². The molecule has 6 rings (SSSR count). The molecule has 7 heteroatoms. The van der Waals surface area contributed by atoms with E-state index in [4.69, 9.17) is 4.74 Å². The molecular formula is C31H32N6O. The highest BCUT2D eigenvalue weighted by molar-refractivity contribution is 5.92. The van der Waals surface area contributed by atoms with Crippen molar-refractivity contribution in [1.82, 2.24) is 24.8 Å². The smallest absolute Gasteiger partial charge is 0.143 e. The molecule has 1 aliphatic rings. The molecule has 3 aromatic carbocycles. The Balaban J connectivity index is 1.13. The zero-order valence-electron chi connectivity index (χ0n) is 21.6. The summed E-state index contributed by atoms with van der Waals surface area (Å²) in [6, 6.07) is 29.0. The van der Waals surface area contributed by atoms with E-state index in [-0.39, 0.29) is 0 Å². The number of nitrogens with zero attached hydrogens (tertiary/aromatic N) is 4. The first-order chi connectivity index (χ1) is 18.7. The fourth-order valence-corrected chi connectivity index (χ4v) is 4.76. The lowest BCUT2D eigenvalue weighted by Gasteiger charge is -2.32. The number of piperazine rings is 1. The molecule has 5 aromatic rings. The molecule has 0 bridgehead atoms. The van der Waals surface area contributed by atoms with E-state index in [1.165, 1.54) is 5.56 Å². The first-order valence-electron chi connectivity index (χ1n) is 13.1. The SMILES string of the molecule is CN1CCN(Cc2ccc(-c3cc4c(Nc5ccc(OCc6ccccc6)cc5)ncnc4[nH]3)cc2)CC1. The second-order valence-electron chi connectivity index (χ2n) is 9.87. The number of benzene rings is 3. The molecule has 2 N–H and O–H groups in total. The molecule has 0 radical (unpaired) electrons. The van der Waals surface area contributed by atoms with Gasteiger partial charge in [0.2, 0.25) is 0 Å². The van der Waals surface area contributed by atoms with Crippen LogP contribution in [0.25, 0.3) is 22.3 Å². The average Bonchev–Trinajstić information content (AvgIpc) is 3.40. The molecule has 3 heterocycles. The van der Waals surface area contributed by atoms with Gasteiger partial charge in [-0.3, -0.25) is 4.90 Å². The van der Waals surface area contributed by atoms with Gasteiger partial charge in [-0.05, 0) is 54.1 Å². The van der Waals surface area contributed by atoms with E-state index in [9.17, 15) is 0 Å². The van der Waals surface area contributed by atoms with Gasteiger partial charge in [0.25, 0.3) is 0 Å². The van der Waals surface area contributed by atoms with Gasteiger partial charge in [0.15, 0.2) is 0 Å². The maximum absolute atomic E-state index is 5.91. The van der Waals surface area contributed by atoms with Crippen molar-refractivity contribution >= 4 is 22.5 Å². The molecule has 0 atom stereocenters. The van der Waals surface area contributed by atoms with Crippen LogP contribution in [-0.2, 0) is 13.2 Å². The van der Waals surface area contributed by atoms with Gasteiger partial charge in [-0.25, -0.2) is 9.97 Å². The Morgan fingerprint density at radius 2 is 1.61 bits per heavy atom. The molecule has 1 fully saturated rings. The number of ether oxygens (including phenoxy) is 1. The lowest BCUT2D eigenvalue weighted by Crippen LogP contribution is -2.43. The van der Waals surface area contributed by atoms with E-state index >= 15 is 0 Å². The summed E-state index contributed by atoms with van der Waals surface area (Å²) in [6.45, 7) is 6.06. The molecule has 0 amide bonds. The quantitative estimate of drug-likeness (QED) is 0.283. The van der Waals surface area contributed by atoms with Gasteiger partial charge in [-0.15, -0.1) is 0 Å². The number of H-pyrrole nitrogens is 1. The van der Waals surface area contributed by atoms with Crippen LogP contribution in [0.15, 0.2) is 91.3 Å². The van der Waals surface area contributed by atoms with Crippen molar-refractivity contribution in [1.29, 1.82) is 0 Å². The van der Waals surface area contributed by atoms with Crippen LogP contribution in [-0.4, -0.2) is 58.0 Å². The van der Waals surface area contributed by atoms with Crippen molar-refractivity contribution in [3.05, 3.63) is 102 Å². The summed E-state index contributed by atoms with van der Waals surface area (Å²) in [5.41, 5.74) is 6.39. The summed E-state index contributed by atoms with van der Waals surface area (Å²) in [7, 11) is 2.19. The Kier molecular flexibility index (Phi) is 7.02. The number of likely N-dealkylation sites (N-methyl/N-ethyl adjacent to an activating group) is 1. The Morgan fingerprint density at radius 1 is 0.842 bits per heavy atom. The monoisotopic (exact) mass is 504 g/mol. The number of aromatic nitrogens is 3. The van der Waals surface area contributed by atoms with Gasteiger partial charge in [-0.2, -0.15) is 0 Å². The average molecular weight is 505 g/mol. The minimum atomic E-state index is 0.545. The molecule has 0 spiro atoms. The fraction of sp³-hybridized carbons (Fsp3) is 0.226. The summed E-state index contributed by atoms with van der Waals surface area (Å²) in [4.78, 5) is 17.3. The van der Waals surface area contributed by atoms with Crippen LogP contribution in [0.4, 0.5) is 11.5 Å². The van der Waals surface area contributed by atoms with Gasteiger partial charge in [0.1, 0.15) is 30.1 Å². The number of anilines is 2. The fourth-order valence-electron chi connectivity index (χ4n) is 4.76. The molecule has 1 aliphatic heterocycles. The van der Waals surface area contributed by atoms with Crippen LogP contribution in [0.5, 0.6) is 5.75 Å². The largest absolute Gasteiger partial charge is 0.489 e. The highest BCUT2D eigenvalue weighted by atomic mass is 16.5. The molecule has 2 aromatic heterocycles. The van der Waals surface area contributed by atoms with Crippen molar-refractivity contribution in [2.45, 2.75) is 13.2 Å². The summed E-state index contributed by atoms with van der Waals surface area (Å²) in [5, 5.41) is 4.39. The summed E-state index contributed by atoms with van der Waals surface area (Å²) in [5.74, 6) is 1.59. The van der Waals surface area contributed by atoms with E-state index in [1.807, 2.05) is 42.5 Å². The number of aromatic amines is 1. The first-order valence-corrected chi connectivity index (χ1v) is 13.1. The van der Waals surface area contributed by atoms with Crippen molar-refractivity contribution < 1.29 is 4.74 Å². The topological polar surface area (TPSA) is 69.3 Å². The summed E-state index contributed by atoms with van der Waals surface area (Å²) >= 11 is 0. The summed E-state index contributed by atoms with van der Waals surface area (Å²) in [6.07, 6.45) is 1.58. The number of fused-ring (bicyclic) bond motifs is 1. The van der Waals surface area contributed by atoms with Crippen molar-refractivity contribution in [2.24, 2.45) is 0 Å². The zero-order chi connectivity index (χ0) is 25.7. The molecule has 1 saturated heterocycles. The van der Waals surface area contributed by atoms with E-state index in [2.05, 4.69) is 79.6 Å². The predicted octanol–water partition coefficient (Wildman–Crippen LogP) is 5.69. The van der Waals surface area contributed by atoms with Gasteiger partial charge in [0, 0.05) is 44.1 Å². The number of rotatable bonds is 8. The van der Waals surface area contributed by atoms with Crippen molar-refractivity contribution in [3.8, 4) is 17.0 Å². The van der Waals surface area contributed by atoms with Crippen LogP contribution < -0.4 is 10.1 Å². The Bertz CT molecular complexity index is 1470. The molecule has 38 heavy (non-hydrogen) atoms. The number of hydrogen-bond donors (Lipinski definition) is 2. The maximum atomic E-state index is 5.91. The van der Waals surface area contributed by atoms with Crippen LogP contribution in [0, 0.1) is 0 Å². The zero-order valence-corrected chi connectivity index (χ0v) is 21.6. The van der Waals surface area contributed by atoms with Gasteiger partial charge >= 0.3 is 0 Å². The number of hydrogen-bond acceptors (Lipinski definition) is 6. The Morgan fingerprint density at radius 3 is 2.37 bits per heavy atom. The Hall–Kier alpha value is -4.20. The van der Waals surface area contributed by atoms with Gasteiger partial charge in [0.05, 0.1) is 5.39 Å². The Labute approximate surface area is 223 Å². The third kappa shape index (κ3) is 5.69. The van der Waals surface area contributed by atoms with Gasteiger partial charge < -0.3 is 19.9 Å². The van der Waals surface area contributed by atoms with Crippen molar-refractivity contribution in [2.75, 3.05) is 38.5 Å². The lowest BCUT2D eigenvalue weighted by molar-refractivity contribution is 0.148. The summed E-state index contributed by atoms with van der Waals surface area (Å²) < 4.78 is 5.91. The first kappa shape index (κ1) is 24.2. The minimum absolute atomic E-state index is 0.545. The third-order valence-corrected chi connectivity index (χ3v) is 7.06. The number of nitrogens with one attached hydrogen (secondary N) is 2. The highest BCUT2D eigenvalue weighted by Gasteiger charge is 2.14. The van der Waals surface area contributed by atoms with E-state index in [0.29, 0.717) is 6.61 Å². The molecular weight excluding hydrogens is 472 g/mol. The molecule has 192 valence electrons. The minimum Gasteiger partial charge on any atom is -0.489 e. The van der Waals surface area contributed by atoms with Gasteiger partial charge in [-0.1, -0.05) is 54.6 Å².